The molecule has 0 bridgehead atoms. The average Bonchev–Trinajstić information content (AvgIpc) is 2.80. The minimum Gasteiger partial charge on any atom is -0.493 e. The van der Waals surface area contributed by atoms with E-state index in [1.165, 1.54) is 11.6 Å². The Morgan fingerprint density at radius 3 is 2.14 bits per heavy atom. The first-order valence-electron chi connectivity index (χ1n) is 6.89. The number of benzene rings is 2. The molecule has 0 aliphatic carbocycles. The number of rotatable bonds is 3. The van der Waals surface area contributed by atoms with Crippen molar-refractivity contribution in [3.05, 3.63) is 76.3 Å². The van der Waals surface area contributed by atoms with Gasteiger partial charge in [0, 0.05) is 7.05 Å². The van der Waals surface area contributed by atoms with E-state index in [9.17, 15) is 15.0 Å². The lowest BCUT2D eigenvalue weighted by Gasteiger charge is -2.12. The quantitative estimate of drug-likeness (QED) is 0.693. The molecule has 1 unspecified atom stereocenters. The van der Waals surface area contributed by atoms with Crippen molar-refractivity contribution in [2.24, 2.45) is 7.05 Å². The summed E-state index contributed by atoms with van der Waals surface area (Å²) < 4.78 is 1.20. The predicted molar refractivity (Wildman–Crippen MR) is 83.6 cm³/mol. The van der Waals surface area contributed by atoms with E-state index in [-0.39, 0.29) is 11.6 Å². The minimum absolute atomic E-state index is 0.150. The molecule has 0 saturated heterocycles. The molecule has 5 heteroatoms. The fourth-order valence-electron chi connectivity index (χ4n) is 2.48. The highest BCUT2D eigenvalue weighted by atomic mass is 16.3. The number of hydrogen-bond acceptors (Lipinski definition) is 3. The van der Waals surface area contributed by atoms with Gasteiger partial charge in [0.2, 0.25) is 5.88 Å². The van der Waals surface area contributed by atoms with Crippen LogP contribution in [0.15, 0.2) is 59.4 Å². The van der Waals surface area contributed by atoms with Gasteiger partial charge in [0.05, 0.1) is 0 Å². The summed E-state index contributed by atoms with van der Waals surface area (Å²) in [5.74, 6) is -0.313. The van der Waals surface area contributed by atoms with Gasteiger partial charge in [-0.1, -0.05) is 54.6 Å². The minimum atomic E-state index is -1.08. The summed E-state index contributed by atoms with van der Waals surface area (Å²) in [4.78, 5) is 13.7. The van der Waals surface area contributed by atoms with Gasteiger partial charge in [0.15, 0.2) is 0 Å². The summed E-state index contributed by atoms with van der Waals surface area (Å²) >= 11 is 0. The van der Waals surface area contributed by atoms with Gasteiger partial charge in [-0.15, -0.1) is 0 Å². The van der Waals surface area contributed by atoms with Crippen LogP contribution >= 0.6 is 0 Å². The van der Waals surface area contributed by atoms with Crippen LogP contribution in [0.3, 0.4) is 0 Å². The van der Waals surface area contributed by atoms with Crippen molar-refractivity contribution in [3.8, 4) is 17.0 Å². The molecule has 1 heterocycles. The van der Waals surface area contributed by atoms with E-state index in [1.54, 1.807) is 12.1 Å². The SMILES string of the molecule is Cn1c(C(O)c2ccc(-c3ccccc3)cc2)c(O)[nH]c1=O. The molecule has 1 atom stereocenters. The predicted octanol–water partition coefficient (Wildman–Crippen LogP) is 2.17. The van der Waals surface area contributed by atoms with Gasteiger partial charge < -0.3 is 10.2 Å². The van der Waals surface area contributed by atoms with Crippen LogP contribution in [-0.2, 0) is 7.05 Å². The molecule has 0 radical (unpaired) electrons. The molecule has 5 nitrogen and oxygen atoms in total. The van der Waals surface area contributed by atoms with E-state index in [2.05, 4.69) is 4.98 Å². The van der Waals surface area contributed by atoms with Crippen LogP contribution in [0.4, 0.5) is 0 Å². The molecule has 3 N–H and O–H groups in total. The van der Waals surface area contributed by atoms with Crippen molar-refractivity contribution in [2.45, 2.75) is 6.10 Å². The Morgan fingerprint density at radius 2 is 1.59 bits per heavy atom. The largest absolute Gasteiger partial charge is 0.493 e. The lowest BCUT2D eigenvalue weighted by Crippen LogP contribution is -2.16. The number of hydrogen-bond donors (Lipinski definition) is 3. The number of aromatic nitrogens is 2. The van der Waals surface area contributed by atoms with Crippen LogP contribution in [-0.4, -0.2) is 19.8 Å². The number of nitrogens with one attached hydrogen (secondary N) is 1. The van der Waals surface area contributed by atoms with Crippen molar-refractivity contribution >= 4 is 0 Å². The number of aliphatic hydroxyl groups excluding tert-OH is 1. The van der Waals surface area contributed by atoms with E-state index < -0.39 is 11.8 Å². The first-order chi connectivity index (χ1) is 10.6. The molecule has 3 rings (SSSR count). The Balaban J connectivity index is 1.94. The Kier molecular flexibility index (Phi) is 3.56. The van der Waals surface area contributed by atoms with Crippen LogP contribution in [0, 0.1) is 0 Å². The van der Waals surface area contributed by atoms with Crippen LogP contribution in [0.5, 0.6) is 5.88 Å². The number of aromatic hydroxyl groups is 1. The summed E-state index contributed by atoms with van der Waals surface area (Å²) in [7, 11) is 1.50. The van der Waals surface area contributed by atoms with Crippen molar-refractivity contribution in [1.29, 1.82) is 0 Å². The zero-order valence-electron chi connectivity index (χ0n) is 12.0. The molecule has 0 aliphatic heterocycles. The van der Waals surface area contributed by atoms with Gasteiger partial charge >= 0.3 is 5.69 Å². The Morgan fingerprint density at radius 1 is 1.00 bits per heavy atom. The van der Waals surface area contributed by atoms with Gasteiger partial charge in [-0.05, 0) is 16.7 Å². The molecule has 0 spiro atoms. The van der Waals surface area contributed by atoms with Gasteiger partial charge in [-0.2, -0.15) is 0 Å². The third-order valence-electron chi connectivity index (χ3n) is 3.73. The number of aromatic amines is 1. The molecule has 0 amide bonds. The highest BCUT2D eigenvalue weighted by Gasteiger charge is 2.20. The van der Waals surface area contributed by atoms with E-state index in [4.69, 9.17) is 0 Å². The number of aliphatic hydroxyl groups is 1. The molecule has 1 aromatic heterocycles. The molecule has 112 valence electrons. The number of H-pyrrole nitrogens is 1. The van der Waals surface area contributed by atoms with Crippen LogP contribution < -0.4 is 5.69 Å². The topological polar surface area (TPSA) is 78.2 Å². The highest BCUT2D eigenvalue weighted by Crippen LogP contribution is 2.28. The van der Waals surface area contributed by atoms with Crippen molar-refractivity contribution in [3.63, 3.8) is 0 Å². The second kappa shape index (κ2) is 5.54. The molecule has 0 saturated carbocycles. The van der Waals surface area contributed by atoms with Crippen LogP contribution in [0.1, 0.15) is 17.4 Å². The Labute approximate surface area is 127 Å². The molecular formula is C17H16N2O3. The van der Waals surface area contributed by atoms with E-state index in [0.29, 0.717) is 5.56 Å². The monoisotopic (exact) mass is 296 g/mol. The molecular weight excluding hydrogens is 280 g/mol. The van der Waals surface area contributed by atoms with E-state index >= 15 is 0 Å². The summed E-state index contributed by atoms with van der Waals surface area (Å²) in [5, 5.41) is 20.1. The lowest BCUT2D eigenvalue weighted by atomic mass is 10.0. The molecule has 3 aromatic rings. The van der Waals surface area contributed by atoms with Crippen LogP contribution in [0.25, 0.3) is 11.1 Å². The van der Waals surface area contributed by atoms with E-state index in [1.807, 2.05) is 42.5 Å². The maximum absolute atomic E-state index is 11.5. The molecule has 22 heavy (non-hydrogen) atoms. The fourth-order valence-corrected chi connectivity index (χ4v) is 2.48. The molecule has 0 fully saturated rings. The maximum Gasteiger partial charge on any atom is 0.328 e. The van der Waals surface area contributed by atoms with Crippen molar-refractivity contribution in [1.82, 2.24) is 9.55 Å². The molecule has 2 aromatic carbocycles. The average molecular weight is 296 g/mol. The summed E-state index contributed by atoms with van der Waals surface area (Å²) in [6.45, 7) is 0. The second-order valence-corrected chi connectivity index (χ2v) is 5.11. The Bertz CT molecular complexity index is 833. The summed E-state index contributed by atoms with van der Waals surface area (Å²) in [5.41, 5.74) is 2.40. The van der Waals surface area contributed by atoms with Gasteiger partial charge in [-0.25, -0.2) is 4.79 Å². The van der Waals surface area contributed by atoms with Gasteiger partial charge in [-0.3, -0.25) is 9.55 Å². The zero-order valence-corrected chi connectivity index (χ0v) is 12.0. The van der Waals surface area contributed by atoms with E-state index in [0.717, 1.165) is 11.1 Å². The second-order valence-electron chi connectivity index (χ2n) is 5.11. The summed E-state index contributed by atoms with van der Waals surface area (Å²) in [6.07, 6.45) is -1.08. The van der Waals surface area contributed by atoms with Gasteiger partial charge in [0.25, 0.3) is 0 Å². The molecule has 0 aliphatic rings. The fraction of sp³-hybridized carbons (Fsp3) is 0.118. The standard InChI is InChI=1S/C17H16N2O3/c1-19-14(16(21)18-17(19)22)15(20)13-9-7-12(8-10-13)11-5-3-2-4-6-11/h2-10,15,20-21H,1H3,(H,18,22). The lowest BCUT2D eigenvalue weighted by molar-refractivity contribution is 0.206. The first-order valence-corrected chi connectivity index (χ1v) is 6.89. The third-order valence-corrected chi connectivity index (χ3v) is 3.73. The Hall–Kier alpha value is -2.79. The summed E-state index contributed by atoms with van der Waals surface area (Å²) in [6, 6.07) is 17.3. The van der Waals surface area contributed by atoms with Crippen molar-refractivity contribution < 1.29 is 10.2 Å². The first kappa shape index (κ1) is 14.2. The zero-order chi connectivity index (χ0) is 15.7. The number of nitrogens with zero attached hydrogens (tertiary/aromatic N) is 1. The number of imidazole rings is 1. The normalized spacial score (nSPS) is 12.3. The smallest absolute Gasteiger partial charge is 0.328 e. The maximum atomic E-state index is 11.5. The third kappa shape index (κ3) is 2.42. The highest BCUT2D eigenvalue weighted by molar-refractivity contribution is 5.63. The van der Waals surface area contributed by atoms with Crippen molar-refractivity contribution in [2.75, 3.05) is 0 Å². The van der Waals surface area contributed by atoms with Crippen LogP contribution in [0.2, 0.25) is 0 Å². The van der Waals surface area contributed by atoms with Gasteiger partial charge in [0.1, 0.15) is 11.8 Å².